The molecule has 3 aromatic rings. The van der Waals surface area contributed by atoms with Gasteiger partial charge in [-0.05, 0) is 79.1 Å². The molecule has 2 aromatic carbocycles. The first-order valence-corrected chi connectivity index (χ1v) is 7.93. The summed E-state index contributed by atoms with van der Waals surface area (Å²) in [5.74, 6) is -0.133. The largest absolute Gasteiger partial charge is 0.550 e. The molecule has 0 aliphatic carbocycles. The molecule has 0 aliphatic rings. The van der Waals surface area contributed by atoms with Gasteiger partial charge in [0, 0.05) is 17.4 Å². The van der Waals surface area contributed by atoms with Gasteiger partial charge in [0.05, 0.1) is 12.8 Å². The number of aryl methyl sites for hydroxylation is 1. The molecule has 1 heterocycles. The van der Waals surface area contributed by atoms with E-state index in [0.29, 0.717) is 6.42 Å². The molecule has 5 nitrogen and oxygen atoms in total. The number of carboxylic acids is 1. The number of aromatic nitrogens is 1. The van der Waals surface area contributed by atoms with Crippen LogP contribution in [-0.2, 0) is 11.2 Å². The fourth-order valence-electron chi connectivity index (χ4n) is 2.80. The number of rotatable bonds is 6. The highest BCUT2D eigenvalue weighted by atomic mass is 16.5. The van der Waals surface area contributed by atoms with Gasteiger partial charge in [0.25, 0.3) is 0 Å². The molecule has 0 radical (unpaired) electrons. The molecule has 0 atom stereocenters. The van der Waals surface area contributed by atoms with Crippen LogP contribution in [0, 0.1) is 0 Å². The van der Waals surface area contributed by atoms with E-state index in [2.05, 4.69) is 0 Å². The fourth-order valence-corrected chi connectivity index (χ4v) is 2.80. The first-order chi connectivity index (χ1) is 12.1. The monoisotopic (exact) mass is 336 g/mol. The molecule has 128 valence electrons. The van der Waals surface area contributed by atoms with E-state index in [1.165, 1.54) is 0 Å². The maximum Gasteiger partial charge on any atom is 0.118 e. The molecule has 3 rings (SSSR count). The number of hydrogen-bond acceptors (Lipinski definition) is 4. The minimum absolute atomic E-state index is 0.0514. The van der Waals surface area contributed by atoms with Crippen molar-refractivity contribution in [3.63, 3.8) is 0 Å². The van der Waals surface area contributed by atoms with E-state index < -0.39 is 5.97 Å². The van der Waals surface area contributed by atoms with Crippen molar-refractivity contribution in [1.82, 2.24) is 4.57 Å². The lowest BCUT2D eigenvalue weighted by Crippen LogP contribution is -2.22. The summed E-state index contributed by atoms with van der Waals surface area (Å²) < 4.78 is 7.19. The highest BCUT2D eigenvalue weighted by Gasteiger charge is 2.12. The lowest BCUT2D eigenvalue weighted by atomic mass is 10.1. The number of benzene rings is 2. The molecule has 1 N–H and O–H groups in total. The number of carboxylic acid groups (broad SMARTS) is 1. The Hall–Kier alpha value is -3.21. The van der Waals surface area contributed by atoms with E-state index in [4.69, 9.17) is 4.74 Å². The number of aliphatic carboxylic acids is 1. The van der Waals surface area contributed by atoms with Gasteiger partial charge in [-0.15, -0.1) is 0 Å². The van der Waals surface area contributed by atoms with E-state index >= 15 is 0 Å². The van der Waals surface area contributed by atoms with Crippen LogP contribution in [0.4, 0.5) is 0 Å². The van der Waals surface area contributed by atoms with Crippen LogP contribution in [0.3, 0.4) is 0 Å². The molecule has 1 aromatic heterocycles. The molecule has 0 unspecified atom stereocenters. The highest BCUT2D eigenvalue weighted by molar-refractivity contribution is 5.67. The Labute approximate surface area is 145 Å². The quantitative estimate of drug-likeness (QED) is 0.751. The Kier molecular flexibility index (Phi) is 4.75. The van der Waals surface area contributed by atoms with Gasteiger partial charge in [0.15, 0.2) is 0 Å². The normalized spacial score (nSPS) is 10.6. The second kappa shape index (κ2) is 7.13. The summed E-state index contributed by atoms with van der Waals surface area (Å²) in [6.07, 6.45) is 0.309. The van der Waals surface area contributed by atoms with E-state index in [9.17, 15) is 15.0 Å². The minimum Gasteiger partial charge on any atom is -0.550 e. The molecule has 0 aliphatic heterocycles. The van der Waals surface area contributed by atoms with Crippen molar-refractivity contribution < 1.29 is 19.7 Å². The van der Waals surface area contributed by atoms with Gasteiger partial charge in [0.2, 0.25) is 0 Å². The molecule has 0 fully saturated rings. The Bertz CT molecular complexity index is 864. The molecule has 5 heteroatoms. The van der Waals surface area contributed by atoms with E-state index in [1.54, 1.807) is 31.4 Å². The van der Waals surface area contributed by atoms with Crippen LogP contribution in [0.1, 0.15) is 12.1 Å². The number of carbonyl (C=O) groups is 1. The lowest BCUT2D eigenvalue weighted by molar-refractivity contribution is -0.305. The van der Waals surface area contributed by atoms with Crippen LogP contribution in [-0.4, -0.2) is 22.8 Å². The summed E-state index contributed by atoms with van der Waals surface area (Å²) in [6, 6.07) is 18.3. The Balaban J connectivity index is 2.07. The molecular weight excluding hydrogens is 318 g/mol. The topological polar surface area (TPSA) is 74.5 Å². The third-order valence-electron chi connectivity index (χ3n) is 4.04. The molecule has 0 saturated heterocycles. The molecule has 0 spiro atoms. The third kappa shape index (κ3) is 3.66. The molecule has 25 heavy (non-hydrogen) atoms. The summed E-state index contributed by atoms with van der Waals surface area (Å²) in [5, 5.41) is 20.4. The first kappa shape index (κ1) is 16.6. The van der Waals surface area contributed by atoms with Crippen molar-refractivity contribution in [3.05, 3.63) is 66.4 Å². The Morgan fingerprint density at radius 2 is 1.72 bits per heavy atom. The lowest BCUT2D eigenvalue weighted by Gasteiger charge is -2.15. The zero-order valence-electron chi connectivity index (χ0n) is 13.8. The predicted molar refractivity (Wildman–Crippen MR) is 92.7 cm³/mol. The SMILES string of the molecule is COc1ccc(-c2ccc(CCC(=O)[O-])n2-c2ccc(O)cc2)cc1. The number of hydrogen-bond donors (Lipinski definition) is 1. The van der Waals surface area contributed by atoms with Gasteiger partial charge in [-0.2, -0.15) is 0 Å². The maximum atomic E-state index is 10.8. The second-order valence-corrected chi connectivity index (χ2v) is 5.66. The third-order valence-corrected chi connectivity index (χ3v) is 4.04. The smallest absolute Gasteiger partial charge is 0.118 e. The van der Waals surface area contributed by atoms with Crippen LogP contribution >= 0.6 is 0 Å². The number of phenols is 1. The zero-order valence-corrected chi connectivity index (χ0v) is 13.8. The Morgan fingerprint density at radius 1 is 1.04 bits per heavy atom. The predicted octanol–water partition coefficient (Wildman–Crippen LogP) is 2.54. The van der Waals surface area contributed by atoms with Crippen molar-refractivity contribution in [2.45, 2.75) is 12.8 Å². The summed E-state index contributed by atoms with van der Waals surface area (Å²) in [7, 11) is 1.62. The highest BCUT2D eigenvalue weighted by Crippen LogP contribution is 2.29. The van der Waals surface area contributed by atoms with Crippen molar-refractivity contribution in [3.8, 4) is 28.4 Å². The maximum absolute atomic E-state index is 10.8. The number of nitrogens with zero attached hydrogens (tertiary/aromatic N) is 1. The fraction of sp³-hybridized carbons (Fsp3) is 0.150. The van der Waals surface area contributed by atoms with Gasteiger partial charge >= 0.3 is 0 Å². The van der Waals surface area contributed by atoms with Crippen LogP contribution in [0.5, 0.6) is 11.5 Å². The molecule has 0 saturated carbocycles. The molecule has 0 amide bonds. The number of phenolic OH excluding ortho intramolecular Hbond substituents is 1. The van der Waals surface area contributed by atoms with Gasteiger partial charge in [0.1, 0.15) is 11.5 Å². The van der Waals surface area contributed by atoms with Gasteiger partial charge < -0.3 is 24.3 Å². The average molecular weight is 336 g/mol. The number of aromatic hydroxyl groups is 1. The van der Waals surface area contributed by atoms with Crippen LogP contribution < -0.4 is 9.84 Å². The van der Waals surface area contributed by atoms with Crippen LogP contribution in [0.2, 0.25) is 0 Å². The first-order valence-electron chi connectivity index (χ1n) is 7.93. The van der Waals surface area contributed by atoms with E-state index in [1.807, 2.05) is 41.0 Å². The van der Waals surface area contributed by atoms with Crippen molar-refractivity contribution in [2.75, 3.05) is 7.11 Å². The summed E-state index contributed by atoms with van der Waals surface area (Å²) in [5.41, 5.74) is 3.62. The standard InChI is InChI=1S/C20H19NO4/c1-25-18-10-2-14(3-11-18)19-12-6-16(7-13-20(23)24)21(19)15-4-8-17(22)9-5-15/h2-6,8-12,22H,7,13H2,1H3,(H,23,24)/p-1. The number of carbonyl (C=O) groups excluding carboxylic acids is 1. The second-order valence-electron chi connectivity index (χ2n) is 5.66. The van der Waals surface area contributed by atoms with Gasteiger partial charge in [-0.25, -0.2) is 0 Å². The van der Waals surface area contributed by atoms with Crippen LogP contribution in [0.15, 0.2) is 60.7 Å². The summed E-state index contributed by atoms with van der Waals surface area (Å²) >= 11 is 0. The Morgan fingerprint density at radius 3 is 2.32 bits per heavy atom. The summed E-state index contributed by atoms with van der Waals surface area (Å²) in [4.78, 5) is 10.8. The number of ether oxygens (including phenoxy) is 1. The summed E-state index contributed by atoms with van der Waals surface area (Å²) in [6.45, 7) is 0. The van der Waals surface area contributed by atoms with E-state index in [-0.39, 0.29) is 12.2 Å². The van der Waals surface area contributed by atoms with Gasteiger partial charge in [-0.1, -0.05) is 0 Å². The van der Waals surface area contributed by atoms with Crippen molar-refractivity contribution in [2.24, 2.45) is 0 Å². The minimum atomic E-state index is -1.08. The van der Waals surface area contributed by atoms with Gasteiger partial charge in [-0.3, -0.25) is 0 Å². The average Bonchev–Trinajstić information content (AvgIpc) is 3.04. The molecule has 0 bridgehead atoms. The van der Waals surface area contributed by atoms with Crippen molar-refractivity contribution >= 4 is 5.97 Å². The van der Waals surface area contributed by atoms with Crippen LogP contribution in [0.25, 0.3) is 16.9 Å². The number of methoxy groups -OCH3 is 1. The van der Waals surface area contributed by atoms with Crippen molar-refractivity contribution in [1.29, 1.82) is 0 Å². The molecular formula is C20H18NO4-. The van der Waals surface area contributed by atoms with E-state index in [0.717, 1.165) is 28.4 Å². The zero-order chi connectivity index (χ0) is 17.8.